The number of carbonyl (C=O) groups excluding carboxylic acids is 1. The Bertz CT molecular complexity index is 140. The molecular weight excluding hydrogens is 180 g/mol. The number of nitrogens with two attached hydrogens (primary N) is 1. The summed E-state index contributed by atoms with van der Waals surface area (Å²) in [6.45, 7) is 3.16. The topological polar surface area (TPSA) is 64.3 Å². The van der Waals surface area contributed by atoms with Crippen LogP contribution in [-0.4, -0.2) is 19.1 Å². The fourth-order valence-electron chi connectivity index (χ4n) is 1.11. The van der Waals surface area contributed by atoms with Crippen molar-refractivity contribution < 1.29 is 9.63 Å². The third-order valence-electron chi connectivity index (χ3n) is 1.92. The largest absolute Gasteiger partial charge is 0.371 e. The standard InChI is InChI=1S/C10H22N2O2/c1-2-3-4-5-6-7-10(13)14-12-9-8-11/h12H,2-9,11H2,1H3. The van der Waals surface area contributed by atoms with Crippen LogP contribution in [-0.2, 0) is 9.63 Å². The molecule has 0 spiro atoms. The van der Waals surface area contributed by atoms with Crippen LogP contribution in [0, 0.1) is 0 Å². The molecule has 0 aliphatic carbocycles. The molecule has 4 nitrogen and oxygen atoms in total. The molecule has 0 bridgehead atoms. The van der Waals surface area contributed by atoms with Crippen molar-refractivity contribution in [3.05, 3.63) is 0 Å². The Morgan fingerprint density at radius 2 is 2.00 bits per heavy atom. The minimum absolute atomic E-state index is 0.185. The van der Waals surface area contributed by atoms with Crippen molar-refractivity contribution in [2.45, 2.75) is 45.4 Å². The van der Waals surface area contributed by atoms with Crippen LogP contribution in [0.15, 0.2) is 0 Å². The quantitative estimate of drug-likeness (QED) is 0.437. The van der Waals surface area contributed by atoms with Gasteiger partial charge in [0.25, 0.3) is 0 Å². The van der Waals surface area contributed by atoms with Gasteiger partial charge in [0.15, 0.2) is 0 Å². The number of hydrogen-bond donors (Lipinski definition) is 2. The fraction of sp³-hybridized carbons (Fsp3) is 0.900. The van der Waals surface area contributed by atoms with Gasteiger partial charge in [0.05, 0.1) is 0 Å². The average Bonchev–Trinajstić information content (AvgIpc) is 2.18. The van der Waals surface area contributed by atoms with Crippen LogP contribution in [0.5, 0.6) is 0 Å². The highest BCUT2D eigenvalue weighted by Crippen LogP contribution is 2.05. The molecule has 0 aliphatic rings. The SMILES string of the molecule is CCCCCCCC(=O)ONCCN. The maximum absolute atomic E-state index is 11.0. The molecule has 0 aromatic heterocycles. The zero-order valence-corrected chi connectivity index (χ0v) is 9.05. The summed E-state index contributed by atoms with van der Waals surface area (Å²) >= 11 is 0. The summed E-state index contributed by atoms with van der Waals surface area (Å²) in [5.74, 6) is -0.185. The minimum atomic E-state index is -0.185. The normalized spacial score (nSPS) is 10.1. The van der Waals surface area contributed by atoms with E-state index in [1.165, 1.54) is 19.3 Å². The second-order valence-electron chi connectivity index (χ2n) is 3.32. The summed E-state index contributed by atoms with van der Waals surface area (Å²) < 4.78 is 0. The van der Waals surface area contributed by atoms with Crippen LogP contribution < -0.4 is 11.2 Å². The Morgan fingerprint density at radius 3 is 2.64 bits per heavy atom. The maximum Gasteiger partial charge on any atom is 0.324 e. The van der Waals surface area contributed by atoms with Crippen LogP contribution >= 0.6 is 0 Å². The number of unbranched alkanes of at least 4 members (excludes halogenated alkanes) is 4. The van der Waals surface area contributed by atoms with Gasteiger partial charge in [-0.05, 0) is 6.42 Å². The zero-order chi connectivity index (χ0) is 10.6. The Labute approximate surface area is 86.1 Å². The van der Waals surface area contributed by atoms with E-state index in [2.05, 4.69) is 12.4 Å². The molecule has 0 atom stereocenters. The highest BCUT2D eigenvalue weighted by molar-refractivity contribution is 5.68. The monoisotopic (exact) mass is 202 g/mol. The molecule has 0 saturated heterocycles. The molecule has 0 unspecified atom stereocenters. The second kappa shape index (κ2) is 10.5. The van der Waals surface area contributed by atoms with Gasteiger partial charge >= 0.3 is 5.97 Å². The predicted molar refractivity (Wildman–Crippen MR) is 56.5 cm³/mol. The smallest absolute Gasteiger partial charge is 0.324 e. The summed E-state index contributed by atoms with van der Waals surface area (Å²) in [5.41, 5.74) is 7.73. The van der Waals surface area contributed by atoms with Crippen LogP contribution in [0.25, 0.3) is 0 Å². The number of hydrogen-bond acceptors (Lipinski definition) is 4. The van der Waals surface area contributed by atoms with Gasteiger partial charge in [-0.2, -0.15) is 5.48 Å². The van der Waals surface area contributed by atoms with E-state index in [1.807, 2.05) is 0 Å². The lowest BCUT2D eigenvalue weighted by Gasteiger charge is -2.03. The molecule has 0 fully saturated rings. The minimum Gasteiger partial charge on any atom is -0.371 e. The number of carbonyl (C=O) groups is 1. The average molecular weight is 202 g/mol. The van der Waals surface area contributed by atoms with Gasteiger partial charge in [-0.25, -0.2) is 0 Å². The van der Waals surface area contributed by atoms with Crippen molar-refractivity contribution in [3.8, 4) is 0 Å². The Morgan fingerprint density at radius 1 is 1.29 bits per heavy atom. The van der Waals surface area contributed by atoms with Crippen molar-refractivity contribution in [1.82, 2.24) is 5.48 Å². The number of nitrogens with one attached hydrogen (secondary N) is 1. The van der Waals surface area contributed by atoms with E-state index in [0.717, 1.165) is 12.8 Å². The first-order valence-corrected chi connectivity index (χ1v) is 5.43. The molecular formula is C10H22N2O2. The van der Waals surface area contributed by atoms with Crippen LogP contribution in [0.1, 0.15) is 45.4 Å². The molecule has 0 aromatic carbocycles. The Hall–Kier alpha value is -0.610. The number of hydroxylamine groups is 1. The van der Waals surface area contributed by atoms with E-state index in [4.69, 9.17) is 10.6 Å². The summed E-state index contributed by atoms with van der Waals surface area (Å²) in [5, 5.41) is 0. The summed E-state index contributed by atoms with van der Waals surface area (Å²) in [6, 6.07) is 0. The third-order valence-corrected chi connectivity index (χ3v) is 1.92. The first kappa shape index (κ1) is 13.4. The fourth-order valence-corrected chi connectivity index (χ4v) is 1.11. The molecule has 0 radical (unpaired) electrons. The molecule has 0 heterocycles. The summed E-state index contributed by atoms with van der Waals surface area (Å²) in [4.78, 5) is 15.7. The van der Waals surface area contributed by atoms with Gasteiger partial charge in [0, 0.05) is 19.5 Å². The summed E-state index contributed by atoms with van der Waals surface area (Å²) in [6.07, 6.45) is 6.22. The Kier molecular flexibility index (Phi) is 10.0. The van der Waals surface area contributed by atoms with Gasteiger partial charge in [-0.15, -0.1) is 0 Å². The lowest BCUT2D eigenvalue weighted by molar-refractivity contribution is -0.151. The highest BCUT2D eigenvalue weighted by atomic mass is 16.7. The van der Waals surface area contributed by atoms with Gasteiger partial charge in [0.2, 0.25) is 0 Å². The lowest BCUT2D eigenvalue weighted by Crippen LogP contribution is -2.25. The van der Waals surface area contributed by atoms with Crippen molar-refractivity contribution in [2.24, 2.45) is 5.73 Å². The lowest BCUT2D eigenvalue weighted by atomic mass is 10.1. The number of rotatable bonds is 9. The van der Waals surface area contributed by atoms with Gasteiger partial charge in [0.1, 0.15) is 0 Å². The van der Waals surface area contributed by atoms with E-state index in [9.17, 15) is 4.79 Å². The van der Waals surface area contributed by atoms with Gasteiger partial charge < -0.3 is 10.6 Å². The molecule has 0 amide bonds. The van der Waals surface area contributed by atoms with E-state index >= 15 is 0 Å². The molecule has 0 saturated carbocycles. The zero-order valence-electron chi connectivity index (χ0n) is 9.05. The Balaban J connectivity index is 3.10. The first-order chi connectivity index (χ1) is 6.81. The maximum atomic E-state index is 11.0. The summed E-state index contributed by atoms with van der Waals surface area (Å²) in [7, 11) is 0. The molecule has 84 valence electrons. The molecule has 0 rings (SSSR count). The first-order valence-electron chi connectivity index (χ1n) is 5.43. The second-order valence-corrected chi connectivity index (χ2v) is 3.32. The van der Waals surface area contributed by atoms with Crippen molar-refractivity contribution in [2.75, 3.05) is 13.1 Å². The van der Waals surface area contributed by atoms with Gasteiger partial charge in [-0.1, -0.05) is 32.6 Å². The van der Waals surface area contributed by atoms with Crippen molar-refractivity contribution in [3.63, 3.8) is 0 Å². The molecule has 0 aliphatic heterocycles. The van der Waals surface area contributed by atoms with E-state index in [-0.39, 0.29) is 5.97 Å². The molecule has 0 aromatic rings. The predicted octanol–water partition coefficient (Wildman–Crippen LogP) is 1.35. The van der Waals surface area contributed by atoms with Gasteiger partial charge in [-0.3, -0.25) is 4.79 Å². The highest BCUT2D eigenvalue weighted by Gasteiger charge is 2.01. The van der Waals surface area contributed by atoms with E-state index in [0.29, 0.717) is 19.5 Å². The van der Waals surface area contributed by atoms with Crippen LogP contribution in [0.3, 0.4) is 0 Å². The third kappa shape index (κ3) is 9.48. The molecule has 14 heavy (non-hydrogen) atoms. The van der Waals surface area contributed by atoms with E-state index < -0.39 is 0 Å². The van der Waals surface area contributed by atoms with Crippen LogP contribution in [0.2, 0.25) is 0 Å². The molecule has 3 N–H and O–H groups in total. The molecule has 4 heteroatoms. The van der Waals surface area contributed by atoms with Crippen molar-refractivity contribution >= 4 is 5.97 Å². The van der Waals surface area contributed by atoms with Crippen LogP contribution in [0.4, 0.5) is 0 Å². The van der Waals surface area contributed by atoms with Crippen molar-refractivity contribution in [1.29, 1.82) is 0 Å². The van der Waals surface area contributed by atoms with E-state index in [1.54, 1.807) is 0 Å².